The van der Waals surface area contributed by atoms with Crippen molar-refractivity contribution in [3.05, 3.63) is 70.5 Å². The molecule has 1 aliphatic rings. The number of hydrogen-bond acceptors (Lipinski definition) is 5. The SMILES string of the molecule is Cc1ccc(OCCn2nc(-c3ccc4c(c3)OCCCO4)ccc2=O)cc1. The van der Waals surface area contributed by atoms with Crippen molar-refractivity contribution in [2.45, 2.75) is 19.9 Å². The second-order valence-electron chi connectivity index (χ2n) is 6.65. The molecule has 0 unspecified atom stereocenters. The van der Waals surface area contributed by atoms with Crippen molar-refractivity contribution < 1.29 is 14.2 Å². The second kappa shape index (κ2) is 8.17. The topological polar surface area (TPSA) is 62.6 Å². The number of nitrogens with zero attached hydrogens (tertiary/aromatic N) is 2. The first-order chi connectivity index (χ1) is 13.7. The van der Waals surface area contributed by atoms with Gasteiger partial charge >= 0.3 is 0 Å². The van der Waals surface area contributed by atoms with E-state index in [1.165, 1.54) is 16.3 Å². The van der Waals surface area contributed by atoms with E-state index in [4.69, 9.17) is 14.2 Å². The summed E-state index contributed by atoms with van der Waals surface area (Å²) in [6, 6.07) is 16.8. The summed E-state index contributed by atoms with van der Waals surface area (Å²) in [5.74, 6) is 2.22. The van der Waals surface area contributed by atoms with E-state index in [0.29, 0.717) is 37.8 Å². The van der Waals surface area contributed by atoms with Gasteiger partial charge < -0.3 is 14.2 Å². The van der Waals surface area contributed by atoms with E-state index in [2.05, 4.69) is 5.10 Å². The first-order valence-electron chi connectivity index (χ1n) is 9.37. The third kappa shape index (κ3) is 4.17. The van der Waals surface area contributed by atoms with E-state index in [1.54, 1.807) is 6.07 Å². The van der Waals surface area contributed by atoms with Crippen LogP contribution in [-0.2, 0) is 6.54 Å². The number of rotatable bonds is 5. The van der Waals surface area contributed by atoms with Gasteiger partial charge in [-0.3, -0.25) is 4.79 Å². The monoisotopic (exact) mass is 378 g/mol. The molecule has 0 fully saturated rings. The highest BCUT2D eigenvalue weighted by Crippen LogP contribution is 2.33. The van der Waals surface area contributed by atoms with Crippen LogP contribution in [0, 0.1) is 6.92 Å². The minimum Gasteiger partial charge on any atom is -0.492 e. The van der Waals surface area contributed by atoms with E-state index in [-0.39, 0.29) is 5.56 Å². The molecule has 0 bridgehead atoms. The Hall–Kier alpha value is -3.28. The van der Waals surface area contributed by atoms with Gasteiger partial charge in [-0.15, -0.1) is 0 Å². The molecule has 3 aromatic rings. The molecule has 0 saturated carbocycles. The number of ether oxygens (including phenoxy) is 3. The maximum atomic E-state index is 12.2. The number of aryl methyl sites for hydroxylation is 1. The lowest BCUT2D eigenvalue weighted by Gasteiger charge is -2.11. The van der Waals surface area contributed by atoms with Crippen molar-refractivity contribution in [2.24, 2.45) is 0 Å². The van der Waals surface area contributed by atoms with Gasteiger partial charge in [0.1, 0.15) is 12.4 Å². The first-order valence-corrected chi connectivity index (χ1v) is 9.37. The van der Waals surface area contributed by atoms with Crippen molar-refractivity contribution in [3.8, 4) is 28.5 Å². The zero-order chi connectivity index (χ0) is 19.3. The molecule has 6 nitrogen and oxygen atoms in total. The van der Waals surface area contributed by atoms with Gasteiger partial charge in [-0.05, 0) is 43.3 Å². The largest absolute Gasteiger partial charge is 0.492 e. The number of benzene rings is 2. The molecule has 0 atom stereocenters. The Morgan fingerprint density at radius 2 is 1.79 bits per heavy atom. The zero-order valence-electron chi connectivity index (χ0n) is 15.8. The molecule has 144 valence electrons. The molecule has 0 N–H and O–H groups in total. The fourth-order valence-corrected chi connectivity index (χ4v) is 2.97. The van der Waals surface area contributed by atoms with Gasteiger partial charge in [0, 0.05) is 18.1 Å². The van der Waals surface area contributed by atoms with E-state index in [9.17, 15) is 4.79 Å². The van der Waals surface area contributed by atoms with E-state index in [0.717, 1.165) is 23.5 Å². The molecule has 0 aliphatic carbocycles. The number of fused-ring (bicyclic) bond motifs is 1. The minimum absolute atomic E-state index is 0.161. The van der Waals surface area contributed by atoms with Crippen molar-refractivity contribution >= 4 is 0 Å². The first kappa shape index (κ1) is 18.1. The number of hydrogen-bond donors (Lipinski definition) is 0. The van der Waals surface area contributed by atoms with Gasteiger partial charge in [0.15, 0.2) is 11.5 Å². The molecule has 2 heterocycles. The molecule has 0 saturated heterocycles. The van der Waals surface area contributed by atoms with Crippen LogP contribution in [0.2, 0.25) is 0 Å². The summed E-state index contributed by atoms with van der Waals surface area (Å²) in [7, 11) is 0. The Morgan fingerprint density at radius 1 is 1.00 bits per heavy atom. The van der Waals surface area contributed by atoms with Crippen molar-refractivity contribution in [3.63, 3.8) is 0 Å². The molecule has 1 aromatic heterocycles. The fourth-order valence-electron chi connectivity index (χ4n) is 2.97. The lowest BCUT2D eigenvalue weighted by atomic mass is 10.1. The summed E-state index contributed by atoms with van der Waals surface area (Å²) in [5, 5.41) is 4.49. The summed E-state index contributed by atoms with van der Waals surface area (Å²) >= 11 is 0. The van der Waals surface area contributed by atoms with Crippen LogP contribution in [0.3, 0.4) is 0 Å². The molecular weight excluding hydrogens is 356 g/mol. The Balaban J connectivity index is 1.50. The molecule has 6 heteroatoms. The van der Waals surface area contributed by atoms with Crippen LogP contribution in [0.4, 0.5) is 0 Å². The van der Waals surface area contributed by atoms with Crippen molar-refractivity contribution in [1.82, 2.24) is 9.78 Å². The summed E-state index contributed by atoms with van der Waals surface area (Å²) in [6.07, 6.45) is 0.855. The standard InChI is InChI=1S/C22H22N2O4/c1-16-3-6-18(7-4-16)26-14-11-24-22(25)10-8-19(23-24)17-5-9-20-21(15-17)28-13-2-12-27-20/h3-10,15H,2,11-14H2,1H3. The highest BCUT2D eigenvalue weighted by molar-refractivity contribution is 5.63. The van der Waals surface area contributed by atoms with Crippen LogP contribution in [0.1, 0.15) is 12.0 Å². The van der Waals surface area contributed by atoms with Gasteiger partial charge in [0.25, 0.3) is 5.56 Å². The van der Waals surface area contributed by atoms with Crippen molar-refractivity contribution in [2.75, 3.05) is 19.8 Å². The van der Waals surface area contributed by atoms with Gasteiger partial charge in [0.05, 0.1) is 25.5 Å². The Morgan fingerprint density at radius 3 is 2.61 bits per heavy atom. The average Bonchev–Trinajstić information content (AvgIpc) is 2.96. The van der Waals surface area contributed by atoms with E-state index in [1.807, 2.05) is 49.4 Å². The predicted molar refractivity (Wildman–Crippen MR) is 106 cm³/mol. The van der Waals surface area contributed by atoms with Crippen LogP contribution in [0.5, 0.6) is 17.2 Å². The maximum Gasteiger partial charge on any atom is 0.266 e. The van der Waals surface area contributed by atoms with Crippen LogP contribution < -0.4 is 19.8 Å². The van der Waals surface area contributed by atoms with Gasteiger partial charge in [-0.25, -0.2) is 4.68 Å². The lowest BCUT2D eigenvalue weighted by Crippen LogP contribution is -2.25. The van der Waals surface area contributed by atoms with Crippen LogP contribution >= 0.6 is 0 Å². The van der Waals surface area contributed by atoms with E-state index >= 15 is 0 Å². The molecule has 0 spiro atoms. The lowest BCUT2D eigenvalue weighted by molar-refractivity contribution is 0.288. The highest BCUT2D eigenvalue weighted by Gasteiger charge is 2.12. The minimum atomic E-state index is -0.161. The quantitative estimate of drug-likeness (QED) is 0.680. The predicted octanol–water partition coefficient (Wildman–Crippen LogP) is 3.46. The molecule has 0 amide bonds. The normalized spacial score (nSPS) is 13.0. The molecule has 0 radical (unpaired) electrons. The maximum absolute atomic E-state index is 12.2. The summed E-state index contributed by atoms with van der Waals surface area (Å²) in [5.41, 5.74) is 2.58. The van der Waals surface area contributed by atoms with Crippen LogP contribution in [-0.4, -0.2) is 29.6 Å². The van der Waals surface area contributed by atoms with Crippen molar-refractivity contribution in [1.29, 1.82) is 0 Å². The zero-order valence-corrected chi connectivity index (χ0v) is 15.8. The van der Waals surface area contributed by atoms with Crippen LogP contribution in [0.15, 0.2) is 59.4 Å². The molecule has 1 aliphatic heterocycles. The second-order valence-corrected chi connectivity index (χ2v) is 6.65. The fraction of sp³-hybridized carbons (Fsp3) is 0.273. The van der Waals surface area contributed by atoms with Crippen LogP contribution in [0.25, 0.3) is 11.3 Å². The smallest absolute Gasteiger partial charge is 0.266 e. The van der Waals surface area contributed by atoms with E-state index < -0.39 is 0 Å². The van der Waals surface area contributed by atoms with Gasteiger partial charge in [0.2, 0.25) is 0 Å². The number of aromatic nitrogens is 2. The summed E-state index contributed by atoms with van der Waals surface area (Å²) < 4.78 is 18.6. The molecule has 2 aromatic carbocycles. The average molecular weight is 378 g/mol. The molecule has 28 heavy (non-hydrogen) atoms. The Kier molecular flexibility index (Phi) is 5.28. The summed E-state index contributed by atoms with van der Waals surface area (Å²) in [4.78, 5) is 12.2. The third-order valence-electron chi connectivity index (χ3n) is 4.50. The Bertz CT molecular complexity index is 1010. The van der Waals surface area contributed by atoms with Gasteiger partial charge in [-0.2, -0.15) is 5.10 Å². The summed E-state index contributed by atoms with van der Waals surface area (Å²) in [6.45, 7) is 4.03. The van der Waals surface area contributed by atoms with Gasteiger partial charge in [-0.1, -0.05) is 17.7 Å². The Labute approximate surface area is 163 Å². The highest BCUT2D eigenvalue weighted by atomic mass is 16.5. The third-order valence-corrected chi connectivity index (χ3v) is 4.50. The molecule has 4 rings (SSSR count). The molecular formula is C22H22N2O4.